The van der Waals surface area contributed by atoms with E-state index in [1.165, 1.54) is 13.3 Å². The highest BCUT2D eigenvalue weighted by Gasteiger charge is 2.46. The zero-order valence-electron chi connectivity index (χ0n) is 12.1. The second-order valence-electron chi connectivity index (χ2n) is 4.67. The van der Waals surface area contributed by atoms with Crippen LogP contribution in [0.1, 0.15) is 6.92 Å². The van der Waals surface area contributed by atoms with Gasteiger partial charge in [0.05, 0.1) is 6.61 Å². The standard InChI is InChI=1S/C12H16ClFN4O5/c1-5(22-15)9-11(17-6(2)13)18(4-16-9)23-12-8(14)10(20)7(3-19)21-12/h4,7-8,10,12,19-20H,2-3,15H2,1H3/b9-5-,17-11+. The molecule has 4 N–H and O–H groups in total. The SMILES string of the molecule is C=C(Cl)/N=C1\C(=C(/C)ON)N=CN1OC1OC(CO)C(O)C1F. The average Bonchev–Trinajstić information content (AvgIpc) is 3.02. The predicted octanol–water partition coefficient (Wildman–Crippen LogP) is -0.0916. The minimum atomic E-state index is -1.87. The number of aliphatic imine (C=N–C) groups is 2. The van der Waals surface area contributed by atoms with E-state index in [1.807, 2.05) is 0 Å². The van der Waals surface area contributed by atoms with Gasteiger partial charge in [0.2, 0.25) is 6.29 Å². The van der Waals surface area contributed by atoms with Gasteiger partial charge < -0.3 is 19.8 Å². The molecular formula is C12H16ClFN4O5. The lowest BCUT2D eigenvalue weighted by Crippen LogP contribution is -2.37. The molecule has 1 fully saturated rings. The van der Waals surface area contributed by atoms with Crippen molar-refractivity contribution in [3.05, 3.63) is 23.2 Å². The smallest absolute Gasteiger partial charge is 0.219 e. The fourth-order valence-corrected chi connectivity index (χ4v) is 2.05. The Morgan fingerprint density at radius 1 is 1.70 bits per heavy atom. The van der Waals surface area contributed by atoms with E-state index in [0.29, 0.717) is 0 Å². The molecule has 0 saturated carbocycles. The van der Waals surface area contributed by atoms with Crippen molar-refractivity contribution in [2.75, 3.05) is 6.61 Å². The van der Waals surface area contributed by atoms with E-state index in [0.717, 1.165) is 5.06 Å². The lowest BCUT2D eigenvalue weighted by atomic mass is 10.2. The summed E-state index contributed by atoms with van der Waals surface area (Å²) in [5.41, 5.74) is 0.196. The molecule has 0 bridgehead atoms. The third kappa shape index (κ3) is 3.68. The first kappa shape index (κ1) is 17.8. The quantitative estimate of drug-likeness (QED) is 0.360. The average molecular weight is 351 g/mol. The number of nitrogens with two attached hydrogens (primary N) is 1. The lowest BCUT2D eigenvalue weighted by Gasteiger charge is -2.21. The van der Waals surface area contributed by atoms with Crippen LogP contribution in [0.4, 0.5) is 4.39 Å². The molecule has 4 unspecified atom stereocenters. The molecule has 11 heteroatoms. The zero-order valence-corrected chi connectivity index (χ0v) is 12.9. The first-order chi connectivity index (χ1) is 10.9. The predicted molar refractivity (Wildman–Crippen MR) is 78.5 cm³/mol. The maximum Gasteiger partial charge on any atom is 0.219 e. The number of alkyl halides is 1. The van der Waals surface area contributed by atoms with E-state index in [2.05, 4.69) is 21.4 Å². The number of rotatable bonds is 5. The maximum atomic E-state index is 14.0. The molecule has 23 heavy (non-hydrogen) atoms. The van der Waals surface area contributed by atoms with Gasteiger partial charge in [0.1, 0.15) is 35.2 Å². The van der Waals surface area contributed by atoms with Crippen molar-refractivity contribution >= 4 is 23.8 Å². The molecule has 0 spiro atoms. The van der Waals surface area contributed by atoms with Gasteiger partial charge in [0.15, 0.2) is 12.0 Å². The van der Waals surface area contributed by atoms with Crippen LogP contribution in [0.3, 0.4) is 0 Å². The summed E-state index contributed by atoms with van der Waals surface area (Å²) in [6, 6.07) is 0. The summed E-state index contributed by atoms with van der Waals surface area (Å²) in [6.07, 6.45) is -4.79. The summed E-state index contributed by atoms with van der Waals surface area (Å²) in [7, 11) is 0. The Balaban J connectivity index is 2.20. The van der Waals surface area contributed by atoms with E-state index in [9.17, 15) is 9.50 Å². The van der Waals surface area contributed by atoms with E-state index >= 15 is 0 Å². The van der Waals surface area contributed by atoms with E-state index in [1.54, 1.807) is 0 Å². The first-order valence-corrected chi connectivity index (χ1v) is 6.86. The molecule has 0 aromatic carbocycles. The number of amidine groups is 1. The van der Waals surface area contributed by atoms with Crippen LogP contribution in [0.15, 0.2) is 33.2 Å². The highest BCUT2D eigenvalue weighted by molar-refractivity contribution is 6.30. The zero-order chi connectivity index (χ0) is 17.1. The third-order valence-electron chi connectivity index (χ3n) is 3.12. The number of hydrogen-bond donors (Lipinski definition) is 3. The highest BCUT2D eigenvalue weighted by Crippen LogP contribution is 2.27. The van der Waals surface area contributed by atoms with Crippen LogP contribution in [-0.2, 0) is 14.4 Å². The van der Waals surface area contributed by atoms with Crippen molar-refractivity contribution in [3.8, 4) is 0 Å². The number of aliphatic hydroxyl groups is 2. The molecule has 0 amide bonds. The highest BCUT2D eigenvalue weighted by atomic mass is 35.5. The topological polar surface area (TPSA) is 122 Å². The Labute approximate surface area is 136 Å². The molecular weight excluding hydrogens is 335 g/mol. The molecule has 0 aromatic heterocycles. The van der Waals surface area contributed by atoms with Crippen molar-refractivity contribution in [3.63, 3.8) is 0 Å². The minimum absolute atomic E-state index is 0.0469. The Kier molecular flexibility index (Phi) is 5.68. The van der Waals surface area contributed by atoms with E-state index < -0.39 is 31.3 Å². The maximum absolute atomic E-state index is 14.0. The molecule has 0 radical (unpaired) electrons. The molecule has 2 heterocycles. The van der Waals surface area contributed by atoms with Gasteiger partial charge in [-0.2, -0.15) is 11.0 Å². The Bertz CT molecular complexity index is 570. The van der Waals surface area contributed by atoms with Crippen LogP contribution in [-0.4, -0.2) is 58.7 Å². The molecule has 1 saturated heterocycles. The van der Waals surface area contributed by atoms with Gasteiger partial charge in [-0.05, 0) is 6.92 Å². The first-order valence-electron chi connectivity index (χ1n) is 6.48. The minimum Gasteiger partial charge on any atom is -0.414 e. The largest absolute Gasteiger partial charge is 0.414 e. The summed E-state index contributed by atoms with van der Waals surface area (Å²) >= 11 is 5.66. The number of halogens is 2. The molecule has 2 aliphatic heterocycles. The Hall–Kier alpha value is -1.56. The molecule has 0 aliphatic carbocycles. The molecule has 2 rings (SSSR count). The summed E-state index contributed by atoms with van der Waals surface area (Å²) in [6.45, 7) is 4.39. The number of hydroxylamine groups is 2. The molecule has 2 aliphatic rings. The number of nitrogens with zero attached hydrogens (tertiary/aromatic N) is 3. The second-order valence-corrected chi connectivity index (χ2v) is 5.11. The Morgan fingerprint density at radius 3 is 2.91 bits per heavy atom. The van der Waals surface area contributed by atoms with Crippen molar-refractivity contribution in [1.29, 1.82) is 0 Å². The van der Waals surface area contributed by atoms with E-state index in [-0.39, 0.29) is 22.4 Å². The van der Waals surface area contributed by atoms with Gasteiger partial charge in [0.25, 0.3) is 0 Å². The number of hydrogen-bond acceptors (Lipinski definition) is 8. The van der Waals surface area contributed by atoms with Crippen LogP contribution >= 0.6 is 11.6 Å². The van der Waals surface area contributed by atoms with Crippen LogP contribution in [0.25, 0.3) is 0 Å². The second kappa shape index (κ2) is 7.34. The molecule has 4 atom stereocenters. The van der Waals surface area contributed by atoms with Crippen LogP contribution < -0.4 is 5.90 Å². The van der Waals surface area contributed by atoms with Crippen molar-refractivity contribution < 1.29 is 29.0 Å². The third-order valence-corrected chi connectivity index (χ3v) is 3.21. The van der Waals surface area contributed by atoms with Crippen molar-refractivity contribution in [2.24, 2.45) is 15.9 Å². The summed E-state index contributed by atoms with van der Waals surface area (Å²) < 4.78 is 19.1. The Morgan fingerprint density at radius 2 is 2.39 bits per heavy atom. The summed E-state index contributed by atoms with van der Waals surface area (Å²) in [5, 5.41) is 19.5. The summed E-state index contributed by atoms with van der Waals surface area (Å²) in [4.78, 5) is 17.8. The van der Waals surface area contributed by atoms with Crippen LogP contribution in [0.5, 0.6) is 0 Å². The van der Waals surface area contributed by atoms with Gasteiger partial charge >= 0.3 is 0 Å². The van der Waals surface area contributed by atoms with Crippen molar-refractivity contribution in [2.45, 2.75) is 31.6 Å². The number of aliphatic hydroxyl groups excluding tert-OH is 2. The van der Waals surface area contributed by atoms with Gasteiger partial charge in [-0.25, -0.2) is 19.2 Å². The van der Waals surface area contributed by atoms with Crippen LogP contribution in [0, 0.1) is 0 Å². The summed E-state index contributed by atoms with van der Waals surface area (Å²) in [5.74, 6) is 5.34. The lowest BCUT2D eigenvalue weighted by molar-refractivity contribution is -0.227. The molecule has 128 valence electrons. The number of allylic oxidation sites excluding steroid dienone is 1. The monoisotopic (exact) mass is 350 g/mol. The fourth-order valence-electron chi connectivity index (χ4n) is 1.97. The molecule has 9 nitrogen and oxygen atoms in total. The van der Waals surface area contributed by atoms with E-state index in [4.69, 9.17) is 32.2 Å². The number of ether oxygens (including phenoxy) is 1. The fraction of sp³-hybridized carbons (Fsp3) is 0.500. The van der Waals surface area contributed by atoms with Gasteiger partial charge in [-0.15, -0.1) is 0 Å². The van der Waals surface area contributed by atoms with Gasteiger partial charge in [-0.3, -0.25) is 0 Å². The van der Waals surface area contributed by atoms with Gasteiger partial charge in [0, 0.05) is 0 Å². The van der Waals surface area contributed by atoms with Gasteiger partial charge in [-0.1, -0.05) is 18.2 Å². The van der Waals surface area contributed by atoms with Crippen molar-refractivity contribution in [1.82, 2.24) is 5.06 Å². The molecule has 0 aromatic rings. The van der Waals surface area contributed by atoms with Crippen LogP contribution in [0.2, 0.25) is 0 Å². The normalized spacial score (nSPS) is 34.3.